The average Bonchev–Trinajstić information content (AvgIpc) is 3.02. The smallest absolute Gasteiger partial charge is 0.193 e. The maximum Gasteiger partial charge on any atom is 0.193 e. The molecule has 104 valence electrons. The highest BCUT2D eigenvalue weighted by Crippen LogP contribution is 2.16. The predicted octanol–water partition coefficient (Wildman–Crippen LogP) is 2.41. The van der Waals surface area contributed by atoms with Crippen LogP contribution in [0.2, 0.25) is 0 Å². The Bertz CT molecular complexity index is 609. The molecule has 0 aliphatic carbocycles. The van der Waals surface area contributed by atoms with Crippen molar-refractivity contribution in [2.45, 2.75) is 19.4 Å². The van der Waals surface area contributed by atoms with Crippen molar-refractivity contribution in [2.24, 2.45) is 4.99 Å². The molecule has 20 heavy (non-hydrogen) atoms. The van der Waals surface area contributed by atoms with E-state index in [1.54, 1.807) is 0 Å². The number of likely N-dealkylation sites (tertiary alicyclic amines) is 1. The van der Waals surface area contributed by atoms with E-state index in [1.165, 1.54) is 23.6 Å². The standard InChI is InChI=1S/C16H20N4/c1-17-16(20-10-4-5-11-20)19-12-15-14-7-3-2-6-13(14)8-9-18-15/h2-3,6-9H,4-5,10-12H2,1H3,(H,17,19). The maximum absolute atomic E-state index is 4.50. The van der Waals surface area contributed by atoms with Crippen LogP contribution < -0.4 is 5.32 Å². The van der Waals surface area contributed by atoms with Gasteiger partial charge in [0.2, 0.25) is 0 Å². The van der Waals surface area contributed by atoms with Gasteiger partial charge in [0.15, 0.2) is 5.96 Å². The van der Waals surface area contributed by atoms with Crippen molar-refractivity contribution in [1.29, 1.82) is 0 Å². The van der Waals surface area contributed by atoms with Crippen LogP contribution in [0.5, 0.6) is 0 Å². The number of fused-ring (bicyclic) bond motifs is 1. The number of aliphatic imine (C=N–C) groups is 1. The summed E-state index contributed by atoms with van der Waals surface area (Å²) in [7, 11) is 1.84. The first kappa shape index (κ1) is 12.9. The summed E-state index contributed by atoms with van der Waals surface area (Å²) in [6.45, 7) is 2.91. The lowest BCUT2D eigenvalue weighted by Gasteiger charge is -2.20. The molecule has 1 aromatic carbocycles. The van der Waals surface area contributed by atoms with Gasteiger partial charge in [-0.3, -0.25) is 9.98 Å². The zero-order chi connectivity index (χ0) is 13.8. The van der Waals surface area contributed by atoms with Gasteiger partial charge in [-0.05, 0) is 24.3 Å². The van der Waals surface area contributed by atoms with Crippen molar-refractivity contribution < 1.29 is 0 Å². The third-order valence-corrected chi connectivity index (χ3v) is 3.79. The van der Waals surface area contributed by atoms with Gasteiger partial charge in [0.25, 0.3) is 0 Å². The SMILES string of the molecule is CN=C(NCc1nccc2ccccc12)N1CCCC1. The van der Waals surface area contributed by atoms with E-state index in [-0.39, 0.29) is 0 Å². The molecule has 3 rings (SSSR count). The van der Waals surface area contributed by atoms with Crippen molar-refractivity contribution in [2.75, 3.05) is 20.1 Å². The van der Waals surface area contributed by atoms with E-state index in [4.69, 9.17) is 0 Å². The van der Waals surface area contributed by atoms with Crippen molar-refractivity contribution in [1.82, 2.24) is 15.2 Å². The van der Waals surface area contributed by atoms with E-state index < -0.39 is 0 Å². The van der Waals surface area contributed by atoms with E-state index >= 15 is 0 Å². The Balaban J connectivity index is 1.76. The molecule has 0 saturated carbocycles. The van der Waals surface area contributed by atoms with E-state index in [0.29, 0.717) is 6.54 Å². The largest absolute Gasteiger partial charge is 0.351 e. The molecule has 0 amide bonds. The van der Waals surface area contributed by atoms with Crippen molar-refractivity contribution in [3.63, 3.8) is 0 Å². The van der Waals surface area contributed by atoms with Crippen LogP contribution in [0.4, 0.5) is 0 Å². The maximum atomic E-state index is 4.50. The molecule has 0 bridgehead atoms. The van der Waals surface area contributed by atoms with Gasteiger partial charge in [-0.25, -0.2) is 0 Å². The monoisotopic (exact) mass is 268 g/mol. The van der Waals surface area contributed by atoms with E-state index in [2.05, 4.69) is 44.5 Å². The summed E-state index contributed by atoms with van der Waals surface area (Å²) in [6.07, 6.45) is 4.39. The number of benzene rings is 1. The Labute approximate surface area is 119 Å². The normalized spacial score (nSPS) is 15.8. The summed E-state index contributed by atoms with van der Waals surface area (Å²) in [6, 6.07) is 10.4. The minimum atomic E-state index is 0.713. The first-order valence-electron chi connectivity index (χ1n) is 7.17. The fourth-order valence-electron chi connectivity index (χ4n) is 2.75. The van der Waals surface area contributed by atoms with Crippen molar-refractivity contribution in [3.8, 4) is 0 Å². The summed E-state index contributed by atoms with van der Waals surface area (Å²) >= 11 is 0. The zero-order valence-corrected chi connectivity index (χ0v) is 11.8. The van der Waals surface area contributed by atoms with Gasteiger partial charge < -0.3 is 10.2 Å². The lowest BCUT2D eigenvalue weighted by atomic mass is 10.1. The third kappa shape index (κ3) is 2.59. The molecular formula is C16H20N4. The topological polar surface area (TPSA) is 40.5 Å². The predicted molar refractivity (Wildman–Crippen MR) is 82.7 cm³/mol. The molecular weight excluding hydrogens is 248 g/mol. The minimum absolute atomic E-state index is 0.713. The Morgan fingerprint density at radius 2 is 2.05 bits per heavy atom. The van der Waals surface area contributed by atoms with E-state index in [9.17, 15) is 0 Å². The van der Waals surface area contributed by atoms with Crippen LogP contribution in [0, 0.1) is 0 Å². The van der Waals surface area contributed by atoms with Crippen LogP contribution in [-0.2, 0) is 6.54 Å². The van der Waals surface area contributed by atoms with Gasteiger partial charge in [-0.2, -0.15) is 0 Å². The van der Waals surface area contributed by atoms with Crippen LogP contribution >= 0.6 is 0 Å². The molecule has 1 aromatic heterocycles. The van der Waals surface area contributed by atoms with Gasteiger partial charge in [-0.1, -0.05) is 24.3 Å². The molecule has 2 aromatic rings. The highest BCUT2D eigenvalue weighted by atomic mass is 15.3. The summed E-state index contributed by atoms with van der Waals surface area (Å²) < 4.78 is 0. The van der Waals surface area contributed by atoms with Gasteiger partial charge in [-0.15, -0.1) is 0 Å². The summed E-state index contributed by atoms with van der Waals surface area (Å²) in [5, 5.41) is 5.87. The van der Waals surface area contributed by atoms with Crippen molar-refractivity contribution >= 4 is 16.7 Å². The third-order valence-electron chi connectivity index (χ3n) is 3.79. The molecule has 1 fully saturated rings. The second kappa shape index (κ2) is 5.90. The van der Waals surface area contributed by atoms with E-state index in [0.717, 1.165) is 24.7 Å². The molecule has 2 heterocycles. The number of hydrogen-bond donors (Lipinski definition) is 1. The Morgan fingerprint density at radius 1 is 1.25 bits per heavy atom. The molecule has 4 nitrogen and oxygen atoms in total. The number of aromatic nitrogens is 1. The van der Waals surface area contributed by atoms with Gasteiger partial charge in [0.1, 0.15) is 0 Å². The molecule has 1 aliphatic rings. The Hall–Kier alpha value is -2.10. The van der Waals surface area contributed by atoms with Crippen LogP contribution in [-0.4, -0.2) is 36.0 Å². The quantitative estimate of drug-likeness (QED) is 0.671. The van der Waals surface area contributed by atoms with Crippen LogP contribution in [0.15, 0.2) is 41.5 Å². The average molecular weight is 268 g/mol. The minimum Gasteiger partial charge on any atom is -0.351 e. The summed E-state index contributed by atoms with van der Waals surface area (Å²) in [5.74, 6) is 0.984. The number of guanidine groups is 1. The first-order valence-corrected chi connectivity index (χ1v) is 7.17. The number of hydrogen-bond acceptors (Lipinski definition) is 2. The number of pyridine rings is 1. The van der Waals surface area contributed by atoms with E-state index in [1.807, 2.05) is 19.3 Å². The first-order chi connectivity index (χ1) is 9.88. The number of nitrogens with zero attached hydrogens (tertiary/aromatic N) is 3. The number of nitrogens with one attached hydrogen (secondary N) is 1. The zero-order valence-electron chi connectivity index (χ0n) is 11.8. The number of rotatable bonds is 2. The van der Waals surface area contributed by atoms with Gasteiger partial charge >= 0.3 is 0 Å². The highest BCUT2D eigenvalue weighted by molar-refractivity contribution is 5.85. The fourth-order valence-corrected chi connectivity index (χ4v) is 2.75. The molecule has 0 atom stereocenters. The molecule has 0 radical (unpaired) electrons. The lowest BCUT2D eigenvalue weighted by Crippen LogP contribution is -2.39. The summed E-state index contributed by atoms with van der Waals surface area (Å²) in [5.41, 5.74) is 1.07. The molecule has 1 saturated heterocycles. The summed E-state index contributed by atoms with van der Waals surface area (Å²) in [4.78, 5) is 11.2. The Kier molecular flexibility index (Phi) is 3.81. The van der Waals surface area contributed by atoms with Gasteiger partial charge in [0.05, 0.1) is 12.2 Å². The van der Waals surface area contributed by atoms with Gasteiger partial charge in [0, 0.05) is 31.7 Å². The molecule has 4 heteroatoms. The second-order valence-electron chi connectivity index (χ2n) is 5.07. The Morgan fingerprint density at radius 3 is 2.85 bits per heavy atom. The molecule has 0 spiro atoms. The second-order valence-corrected chi connectivity index (χ2v) is 5.07. The fraction of sp³-hybridized carbons (Fsp3) is 0.375. The van der Waals surface area contributed by atoms with Crippen LogP contribution in [0.25, 0.3) is 10.8 Å². The van der Waals surface area contributed by atoms with Crippen LogP contribution in [0.3, 0.4) is 0 Å². The molecule has 1 N–H and O–H groups in total. The molecule has 0 unspecified atom stereocenters. The van der Waals surface area contributed by atoms with Crippen molar-refractivity contribution in [3.05, 3.63) is 42.2 Å². The molecule has 1 aliphatic heterocycles. The van der Waals surface area contributed by atoms with Crippen LogP contribution in [0.1, 0.15) is 18.5 Å². The lowest BCUT2D eigenvalue weighted by molar-refractivity contribution is 0.493. The highest BCUT2D eigenvalue weighted by Gasteiger charge is 2.15.